The van der Waals surface area contributed by atoms with Gasteiger partial charge in [0.1, 0.15) is 5.41 Å². The van der Waals surface area contributed by atoms with E-state index in [1.54, 1.807) is 11.3 Å². The van der Waals surface area contributed by atoms with Gasteiger partial charge in [0.05, 0.1) is 6.61 Å². The van der Waals surface area contributed by atoms with Crippen molar-refractivity contribution in [2.75, 3.05) is 6.61 Å². The first-order valence-corrected chi connectivity index (χ1v) is 7.39. The van der Waals surface area contributed by atoms with Gasteiger partial charge in [-0.05, 0) is 31.2 Å². The molecule has 0 aromatic carbocycles. The van der Waals surface area contributed by atoms with Crippen molar-refractivity contribution in [2.45, 2.75) is 50.9 Å². The third-order valence-electron chi connectivity index (χ3n) is 3.62. The molecule has 1 aromatic rings. The molecule has 0 unspecified atom stereocenters. The van der Waals surface area contributed by atoms with Crippen LogP contribution in [0.1, 0.15) is 50.3 Å². The van der Waals surface area contributed by atoms with Crippen LogP contribution in [0.15, 0.2) is 17.5 Å². The first-order valence-electron chi connectivity index (χ1n) is 6.51. The van der Waals surface area contributed by atoms with Crippen molar-refractivity contribution in [3.63, 3.8) is 0 Å². The molecule has 0 aliphatic heterocycles. The highest BCUT2D eigenvalue weighted by atomic mass is 32.1. The Bertz CT molecular complexity index is 348. The van der Waals surface area contributed by atoms with Crippen LogP contribution in [0.3, 0.4) is 0 Å². The summed E-state index contributed by atoms with van der Waals surface area (Å²) in [7, 11) is 0. The van der Waals surface area contributed by atoms with Crippen molar-refractivity contribution in [1.29, 1.82) is 0 Å². The van der Waals surface area contributed by atoms with Gasteiger partial charge in [0.25, 0.3) is 0 Å². The summed E-state index contributed by atoms with van der Waals surface area (Å²) in [4.78, 5) is 13.5. The van der Waals surface area contributed by atoms with Crippen molar-refractivity contribution in [3.05, 3.63) is 22.4 Å². The van der Waals surface area contributed by atoms with E-state index < -0.39 is 0 Å². The summed E-state index contributed by atoms with van der Waals surface area (Å²) in [6, 6.07) is 4.12. The monoisotopic (exact) mass is 252 g/mol. The molecule has 1 aromatic heterocycles. The van der Waals surface area contributed by atoms with Gasteiger partial charge in [-0.25, -0.2) is 0 Å². The average Bonchev–Trinajstić information content (AvgIpc) is 2.75. The predicted octanol–water partition coefficient (Wildman–Crippen LogP) is 3.90. The summed E-state index contributed by atoms with van der Waals surface area (Å²) >= 11 is 1.69. The number of thiophene rings is 1. The van der Waals surface area contributed by atoms with Crippen LogP contribution in [0.25, 0.3) is 0 Å². The standard InChI is InChI=1S/C14H20O2S/c1-2-16-13(15)14(12-8-7-11-17-12)9-5-3-4-6-10-14/h7-8,11H,2-6,9-10H2,1H3. The Kier molecular flexibility index (Phi) is 4.21. The Balaban J connectivity index is 2.30. The van der Waals surface area contributed by atoms with Crippen LogP contribution in [-0.4, -0.2) is 12.6 Å². The van der Waals surface area contributed by atoms with Gasteiger partial charge in [-0.3, -0.25) is 4.79 Å². The second-order valence-electron chi connectivity index (χ2n) is 4.69. The highest BCUT2D eigenvalue weighted by molar-refractivity contribution is 7.10. The fraction of sp³-hybridized carbons (Fsp3) is 0.643. The average molecular weight is 252 g/mol. The van der Waals surface area contributed by atoms with Gasteiger partial charge in [-0.15, -0.1) is 11.3 Å². The predicted molar refractivity (Wildman–Crippen MR) is 70.3 cm³/mol. The van der Waals surface area contributed by atoms with Gasteiger partial charge in [0.2, 0.25) is 0 Å². The molecular formula is C14H20O2S. The van der Waals surface area contributed by atoms with E-state index in [-0.39, 0.29) is 11.4 Å². The SMILES string of the molecule is CCOC(=O)C1(c2cccs2)CCCCCC1. The minimum atomic E-state index is -0.347. The van der Waals surface area contributed by atoms with E-state index in [4.69, 9.17) is 4.74 Å². The first-order chi connectivity index (χ1) is 8.29. The van der Waals surface area contributed by atoms with E-state index in [1.165, 1.54) is 17.7 Å². The zero-order valence-corrected chi connectivity index (χ0v) is 11.2. The third kappa shape index (κ3) is 2.54. The van der Waals surface area contributed by atoms with E-state index in [2.05, 4.69) is 11.4 Å². The molecule has 1 fully saturated rings. The van der Waals surface area contributed by atoms with E-state index in [1.807, 2.05) is 13.0 Å². The van der Waals surface area contributed by atoms with E-state index in [0.29, 0.717) is 6.61 Å². The van der Waals surface area contributed by atoms with Crippen molar-refractivity contribution >= 4 is 17.3 Å². The fourth-order valence-corrected chi connectivity index (χ4v) is 3.68. The summed E-state index contributed by atoms with van der Waals surface area (Å²) in [5.41, 5.74) is -0.347. The number of ether oxygens (including phenoxy) is 1. The summed E-state index contributed by atoms with van der Waals surface area (Å²) < 4.78 is 5.33. The summed E-state index contributed by atoms with van der Waals surface area (Å²) in [5.74, 6) is -0.00986. The quantitative estimate of drug-likeness (QED) is 0.602. The summed E-state index contributed by atoms with van der Waals surface area (Å²) in [6.07, 6.45) is 6.66. The fourth-order valence-electron chi connectivity index (χ4n) is 2.70. The lowest BCUT2D eigenvalue weighted by Crippen LogP contribution is -2.36. The van der Waals surface area contributed by atoms with Crippen molar-refractivity contribution in [3.8, 4) is 0 Å². The van der Waals surface area contributed by atoms with Crippen molar-refractivity contribution < 1.29 is 9.53 Å². The van der Waals surface area contributed by atoms with E-state index in [0.717, 1.165) is 25.7 Å². The number of esters is 1. The highest BCUT2D eigenvalue weighted by Crippen LogP contribution is 2.41. The number of hydrogen-bond donors (Lipinski definition) is 0. The molecule has 1 aliphatic rings. The Morgan fingerprint density at radius 2 is 2.06 bits per heavy atom. The zero-order chi connectivity index (χ0) is 12.1. The van der Waals surface area contributed by atoms with Crippen LogP contribution in [0, 0.1) is 0 Å². The minimum Gasteiger partial charge on any atom is -0.465 e. The maximum atomic E-state index is 12.4. The lowest BCUT2D eigenvalue weighted by molar-refractivity contribution is -0.150. The van der Waals surface area contributed by atoms with E-state index >= 15 is 0 Å². The molecule has 0 amide bonds. The molecule has 0 N–H and O–H groups in total. The van der Waals surface area contributed by atoms with E-state index in [9.17, 15) is 4.79 Å². The summed E-state index contributed by atoms with van der Waals surface area (Å²) in [5, 5.41) is 2.06. The second-order valence-corrected chi connectivity index (χ2v) is 5.64. The lowest BCUT2D eigenvalue weighted by Gasteiger charge is -2.29. The minimum absolute atomic E-state index is 0.00986. The molecule has 1 aliphatic carbocycles. The van der Waals surface area contributed by atoms with Crippen LogP contribution in [-0.2, 0) is 14.9 Å². The second kappa shape index (κ2) is 5.67. The molecule has 2 nitrogen and oxygen atoms in total. The molecule has 0 saturated heterocycles. The largest absolute Gasteiger partial charge is 0.465 e. The first kappa shape index (κ1) is 12.6. The topological polar surface area (TPSA) is 26.3 Å². The molecule has 0 atom stereocenters. The van der Waals surface area contributed by atoms with Gasteiger partial charge < -0.3 is 4.74 Å². The van der Waals surface area contributed by atoms with Crippen LogP contribution >= 0.6 is 11.3 Å². The van der Waals surface area contributed by atoms with Crippen molar-refractivity contribution in [2.24, 2.45) is 0 Å². The van der Waals surface area contributed by atoms with Gasteiger partial charge in [0, 0.05) is 4.88 Å². The zero-order valence-electron chi connectivity index (χ0n) is 10.4. The third-order valence-corrected chi connectivity index (χ3v) is 4.69. The Morgan fingerprint density at radius 1 is 1.35 bits per heavy atom. The molecule has 3 heteroatoms. The smallest absolute Gasteiger partial charge is 0.317 e. The van der Waals surface area contributed by atoms with Crippen LogP contribution in [0.4, 0.5) is 0 Å². The molecular weight excluding hydrogens is 232 g/mol. The van der Waals surface area contributed by atoms with Crippen LogP contribution in [0.2, 0.25) is 0 Å². The molecule has 0 spiro atoms. The van der Waals surface area contributed by atoms with Gasteiger partial charge in [0.15, 0.2) is 0 Å². The number of hydrogen-bond acceptors (Lipinski definition) is 3. The Morgan fingerprint density at radius 3 is 2.59 bits per heavy atom. The normalized spacial score (nSPS) is 19.6. The maximum absolute atomic E-state index is 12.4. The van der Waals surface area contributed by atoms with Crippen LogP contribution in [0.5, 0.6) is 0 Å². The Labute approximate surface area is 107 Å². The Hall–Kier alpha value is -0.830. The lowest BCUT2D eigenvalue weighted by atomic mass is 9.79. The molecule has 1 heterocycles. The highest BCUT2D eigenvalue weighted by Gasteiger charge is 2.42. The van der Waals surface area contributed by atoms with Gasteiger partial charge in [-0.2, -0.15) is 0 Å². The van der Waals surface area contributed by atoms with Crippen molar-refractivity contribution in [1.82, 2.24) is 0 Å². The molecule has 0 bridgehead atoms. The number of rotatable bonds is 3. The van der Waals surface area contributed by atoms with Crippen LogP contribution < -0.4 is 0 Å². The molecule has 0 radical (unpaired) electrons. The number of carbonyl (C=O) groups excluding carboxylic acids is 1. The maximum Gasteiger partial charge on any atom is 0.317 e. The number of carbonyl (C=O) groups is 1. The molecule has 1 saturated carbocycles. The molecule has 17 heavy (non-hydrogen) atoms. The molecule has 94 valence electrons. The molecule has 2 rings (SSSR count). The van der Waals surface area contributed by atoms with Gasteiger partial charge in [-0.1, -0.05) is 31.7 Å². The summed E-state index contributed by atoms with van der Waals surface area (Å²) in [6.45, 7) is 2.36. The van der Waals surface area contributed by atoms with Gasteiger partial charge >= 0.3 is 5.97 Å².